The summed E-state index contributed by atoms with van der Waals surface area (Å²) in [5, 5.41) is 8.33. The van der Waals surface area contributed by atoms with Gasteiger partial charge in [0.2, 0.25) is 0 Å². The van der Waals surface area contributed by atoms with Crippen molar-refractivity contribution in [3.63, 3.8) is 0 Å². The van der Waals surface area contributed by atoms with Crippen molar-refractivity contribution in [1.29, 1.82) is 0 Å². The Bertz CT molecular complexity index is 467. The van der Waals surface area contributed by atoms with Gasteiger partial charge in [-0.1, -0.05) is 58.4 Å². The molecule has 1 heterocycles. The van der Waals surface area contributed by atoms with E-state index < -0.39 is 0 Å². The van der Waals surface area contributed by atoms with Crippen LogP contribution in [0.2, 0.25) is 0 Å². The Morgan fingerprint density at radius 1 is 1.28 bits per heavy atom. The minimum absolute atomic E-state index is 0.320. The number of aromatic nitrogens is 3. The summed E-state index contributed by atoms with van der Waals surface area (Å²) < 4.78 is 1.93. The van der Waals surface area contributed by atoms with E-state index in [1.807, 2.05) is 16.9 Å². The van der Waals surface area contributed by atoms with Gasteiger partial charge in [-0.2, -0.15) is 0 Å². The van der Waals surface area contributed by atoms with Gasteiger partial charge in [-0.05, 0) is 24.8 Å². The van der Waals surface area contributed by atoms with Gasteiger partial charge in [-0.15, -0.1) is 5.10 Å². The van der Waals surface area contributed by atoms with Crippen LogP contribution >= 0.6 is 15.9 Å². The summed E-state index contributed by atoms with van der Waals surface area (Å²) in [7, 11) is 0. The molecule has 0 bridgehead atoms. The third kappa shape index (κ3) is 3.67. The summed E-state index contributed by atoms with van der Waals surface area (Å²) >= 11 is 3.59. The molecule has 0 N–H and O–H groups in total. The van der Waals surface area contributed by atoms with Gasteiger partial charge in [0.25, 0.3) is 0 Å². The van der Waals surface area contributed by atoms with Crippen LogP contribution < -0.4 is 0 Å². The summed E-state index contributed by atoms with van der Waals surface area (Å²) in [6.45, 7) is 3.05. The monoisotopic (exact) mass is 307 g/mol. The molecule has 0 aliphatic rings. The van der Waals surface area contributed by atoms with Gasteiger partial charge < -0.3 is 0 Å². The third-order valence-electron chi connectivity index (χ3n) is 2.93. The summed E-state index contributed by atoms with van der Waals surface area (Å²) in [5.41, 5.74) is 2.40. The van der Waals surface area contributed by atoms with Crippen LogP contribution in [-0.2, 0) is 13.0 Å². The van der Waals surface area contributed by atoms with E-state index in [0.717, 1.165) is 31.5 Å². The van der Waals surface area contributed by atoms with E-state index in [2.05, 4.69) is 57.4 Å². The molecule has 3 nitrogen and oxygen atoms in total. The molecule has 1 aromatic carbocycles. The molecular weight excluding hydrogens is 290 g/mol. The first kappa shape index (κ1) is 13.3. The maximum Gasteiger partial charge on any atom is 0.0963 e. The lowest BCUT2D eigenvalue weighted by molar-refractivity contribution is 0.558. The maximum atomic E-state index is 4.18. The molecular formula is C14H18BrN3. The summed E-state index contributed by atoms with van der Waals surface area (Å²) in [6, 6.07) is 10.5. The molecule has 0 saturated carbocycles. The van der Waals surface area contributed by atoms with E-state index in [1.165, 1.54) is 5.56 Å². The molecule has 4 heteroatoms. The lowest BCUT2D eigenvalue weighted by atomic mass is 10.1. The number of hydrogen-bond donors (Lipinski definition) is 0. The molecule has 0 aliphatic heterocycles. The van der Waals surface area contributed by atoms with Gasteiger partial charge in [0.05, 0.1) is 10.5 Å². The SMILES string of the molecule is CCC(Br)c1cn(CCCc2ccccc2)nn1. The molecule has 0 aliphatic carbocycles. The lowest BCUT2D eigenvalue weighted by Crippen LogP contribution is -2.00. The van der Waals surface area contributed by atoms with E-state index in [-0.39, 0.29) is 0 Å². The van der Waals surface area contributed by atoms with Crippen molar-refractivity contribution < 1.29 is 0 Å². The minimum Gasteiger partial charge on any atom is -0.252 e. The van der Waals surface area contributed by atoms with Gasteiger partial charge in [-0.3, -0.25) is 4.68 Å². The third-order valence-corrected chi connectivity index (χ3v) is 4.05. The van der Waals surface area contributed by atoms with Crippen molar-refractivity contribution in [2.24, 2.45) is 0 Å². The van der Waals surface area contributed by atoms with Gasteiger partial charge in [0.15, 0.2) is 0 Å². The molecule has 1 unspecified atom stereocenters. The Balaban J connectivity index is 1.82. The lowest BCUT2D eigenvalue weighted by Gasteiger charge is -2.02. The second kappa shape index (κ2) is 6.69. The maximum absolute atomic E-state index is 4.18. The first-order valence-corrected chi connectivity index (χ1v) is 7.29. The zero-order valence-electron chi connectivity index (χ0n) is 10.6. The summed E-state index contributed by atoms with van der Waals surface area (Å²) in [5.74, 6) is 0. The number of hydrogen-bond acceptors (Lipinski definition) is 2. The van der Waals surface area contributed by atoms with Crippen molar-refractivity contribution in [2.75, 3.05) is 0 Å². The van der Waals surface area contributed by atoms with Gasteiger partial charge in [-0.25, -0.2) is 0 Å². The van der Waals surface area contributed by atoms with Crippen LogP contribution in [0.25, 0.3) is 0 Å². The average molecular weight is 308 g/mol. The van der Waals surface area contributed by atoms with E-state index in [4.69, 9.17) is 0 Å². The highest BCUT2D eigenvalue weighted by molar-refractivity contribution is 9.09. The number of rotatable bonds is 6. The smallest absolute Gasteiger partial charge is 0.0963 e. The normalized spacial score (nSPS) is 12.6. The van der Waals surface area contributed by atoms with Crippen molar-refractivity contribution in [1.82, 2.24) is 15.0 Å². The molecule has 1 atom stereocenters. The van der Waals surface area contributed by atoms with Crippen LogP contribution in [0.1, 0.15) is 35.8 Å². The molecule has 0 fully saturated rings. The van der Waals surface area contributed by atoms with Crippen LogP contribution in [0, 0.1) is 0 Å². The second-order valence-corrected chi connectivity index (χ2v) is 5.48. The number of alkyl halides is 1. The first-order chi connectivity index (χ1) is 8.79. The Labute approximate surface area is 116 Å². The van der Waals surface area contributed by atoms with Gasteiger partial charge >= 0.3 is 0 Å². The molecule has 2 rings (SSSR count). The Morgan fingerprint density at radius 3 is 2.78 bits per heavy atom. The average Bonchev–Trinajstić information content (AvgIpc) is 2.88. The predicted octanol–water partition coefficient (Wildman–Crippen LogP) is 3.76. The van der Waals surface area contributed by atoms with Crippen LogP contribution in [-0.4, -0.2) is 15.0 Å². The highest BCUT2D eigenvalue weighted by Crippen LogP contribution is 2.23. The van der Waals surface area contributed by atoms with Crippen LogP contribution in [0.3, 0.4) is 0 Å². The van der Waals surface area contributed by atoms with Crippen molar-refractivity contribution in [2.45, 2.75) is 37.6 Å². The molecule has 0 amide bonds. The first-order valence-electron chi connectivity index (χ1n) is 6.37. The van der Waals surface area contributed by atoms with Crippen molar-refractivity contribution in [3.8, 4) is 0 Å². The van der Waals surface area contributed by atoms with Crippen LogP contribution in [0.4, 0.5) is 0 Å². The van der Waals surface area contributed by atoms with Crippen LogP contribution in [0.5, 0.6) is 0 Å². The van der Waals surface area contributed by atoms with Gasteiger partial charge in [0, 0.05) is 12.7 Å². The number of halogens is 1. The van der Waals surface area contributed by atoms with Crippen molar-refractivity contribution in [3.05, 3.63) is 47.8 Å². The largest absolute Gasteiger partial charge is 0.252 e. The fourth-order valence-corrected chi connectivity index (χ4v) is 2.07. The summed E-state index contributed by atoms with van der Waals surface area (Å²) in [4.78, 5) is 0.320. The molecule has 0 radical (unpaired) electrons. The highest BCUT2D eigenvalue weighted by Gasteiger charge is 2.09. The zero-order valence-corrected chi connectivity index (χ0v) is 12.2. The van der Waals surface area contributed by atoms with Crippen LogP contribution in [0.15, 0.2) is 36.5 Å². The molecule has 18 heavy (non-hydrogen) atoms. The van der Waals surface area contributed by atoms with E-state index in [0.29, 0.717) is 4.83 Å². The van der Waals surface area contributed by atoms with E-state index in [1.54, 1.807) is 0 Å². The molecule has 0 spiro atoms. The fraction of sp³-hybridized carbons (Fsp3) is 0.429. The number of nitrogens with zero attached hydrogens (tertiary/aromatic N) is 3. The molecule has 2 aromatic rings. The highest BCUT2D eigenvalue weighted by atomic mass is 79.9. The Hall–Kier alpha value is -1.16. The minimum atomic E-state index is 0.320. The fourth-order valence-electron chi connectivity index (χ4n) is 1.87. The topological polar surface area (TPSA) is 30.7 Å². The summed E-state index contributed by atoms with van der Waals surface area (Å²) in [6.07, 6.45) is 5.24. The standard InChI is InChI=1S/C14H18BrN3/c1-2-13(15)14-11-18(17-16-14)10-6-9-12-7-4-3-5-8-12/h3-5,7-8,11,13H,2,6,9-10H2,1H3. The Morgan fingerprint density at radius 2 is 2.06 bits per heavy atom. The van der Waals surface area contributed by atoms with E-state index in [9.17, 15) is 0 Å². The number of aryl methyl sites for hydroxylation is 2. The van der Waals surface area contributed by atoms with Gasteiger partial charge in [0.1, 0.15) is 0 Å². The Kier molecular flexibility index (Phi) is 4.93. The number of benzene rings is 1. The van der Waals surface area contributed by atoms with Crippen molar-refractivity contribution >= 4 is 15.9 Å². The van der Waals surface area contributed by atoms with E-state index >= 15 is 0 Å². The quantitative estimate of drug-likeness (QED) is 0.761. The molecule has 96 valence electrons. The zero-order chi connectivity index (χ0) is 12.8. The molecule has 1 aromatic heterocycles. The molecule has 0 saturated heterocycles. The predicted molar refractivity (Wildman–Crippen MR) is 76.7 cm³/mol. The second-order valence-electron chi connectivity index (χ2n) is 4.37.